The van der Waals surface area contributed by atoms with Crippen LogP contribution in [0.5, 0.6) is 0 Å². The van der Waals surface area contributed by atoms with Crippen LogP contribution in [0.15, 0.2) is 0 Å². The van der Waals surface area contributed by atoms with E-state index in [0.717, 1.165) is 12.8 Å². The quantitative estimate of drug-likeness (QED) is 0.332. The molecule has 24 heavy (non-hydrogen) atoms. The van der Waals surface area contributed by atoms with Gasteiger partial charge in [0.15, 0.2) is 0 Å². The third-order valence-electron chi connectivity index (χ3n) is 4.29. The van der Waals surface area contributed by atoms with E-state index in [-0.39, 0.29) is 42.0 Å². The van der Waals surface area contributed by atoms with Crippen LogP contribution in [0.4, 0.5) is 0 Å². The molecule has 0 atom stereocenters. The Bertz CT molecular complexity index is 311. The summed E-state index contributed by atoms with van der Waals surface area (Å²) in [5.41, 5.74) is 0. The number of carbonyl (C=O) groups is 2. The van der Waals surface area contributed by atoms with E-state index in [0.29, 0.717) is 6.42 Å². The Morgan fingerprint density at radius 1 is 0.750 bits per heavy atom. The topological polar surface area (TPSA) is 57.6 Å². The van der Waals surface area contributed by atoms with Crippen LogP contribution in [-0.2, 0) is 9.59 Å². The van der Waals surface area contributed by atoms with E-state index in [2.05, 4.69) is 6.92 Å². The minimum atomic E-state index is -0.953. The van der Waals surface area contributed by atoms with Crippen molar-refractivity contribution < 1.29 is 14.7 Å². The van der Waals surface area contributed by atoms with Crippen LogP contribution in [-0.4, -0.2) is 65.0 Å². The molecule has 0 saturated carbocycles. The van der Waals surface area contributed by atoms with Crippen molar-refractivity contribution in [3.8, 4) is 0 Å². The van der Waals surface area contributed by atoms with Gasteiger partial charge in [-0.2, -0.15) is 0 Å². The molecule has 0 aliphatic carbocycles. The summed E-state index contributed by atoms with van der Waals surface area (Å²) in [5, 5.41) is 8.62. The molecule has 0 aliphatic heterocycles. The molecule has 0 bridgehead atoms. The molecular formula is C19H38NNaO3. The third-order valence-corrected chi connectivity index (χ3v) is 4.29. The zero-order valence-corrected chi connectivity index (χ0v) is 15.3. The monoisotopic (exact) mass is 351 g/mol. The number of likely N-dealkylation sites (N-methyl/N-ethyl adjacent to an activating group) is 1. The van der Waals surface area contributed by atoms with Gasteiger partial charge in [0.25, 0.3) is 0 Å². The molecular weight excluding hydrogens is 313 g/mol. The van der Waals surface area contributed by atoms with Gasteiger partial charge in [-0.05, 0) is 6.42 Å². The van der Waals surface area contributed by atoms with E-state index in [1.165, 1.54) is 75.5 Å². The summed E-state index contributed by atoms with van der Waals surface area (Å²) in [5.74, 6) is -1.01. The predicted octanol–water partition coefficient (Wildman–Crippen LogP) is 4.36. The van der Waals surface area contributed by atoms with Crippen molar-refractivity contribution in [3.05, 3.63) is 0 Å². The molecule has 0 aromatic carbocycles. The Hall–Kier alpha value is -0.0600. The van der Waals surface area contributed by atoms with Crippen LogP contribution in [0.2, 0.25) is 0 Å². The number of rotatable bonds is 16. The number of nitrogens with zero attached hydrogens (tertiary/aromatic N) is 1. The number of unbranched alkanes of at least 4 members (excludes halogenated alkanes) is 12. The van der Waals surface area contributed by atoms with Crippen LogP contribution in [0.1, 0.15) is 96.8 Å². The second-order valence-electron chi connectivity index (χ2n) is 6.64. The fourth-order valence-corrected chi connectivity index (χ4v) is 2.78. The van der Waals surface area contributed by atoms with E-state index in [9.17, 15) is 9.59 Å². The summed E-state index contributed by atoms with van der Waals surface area (Å²) in [6.07, 6.45) is 17.2. The zero-order valence-electron chi connectivity index (χ0n) is 15.3. The molecule has 0 saturated heterocycles. The van der Waals surface area contributed by atoms with Crippen LogP contribution in [0.3, 0.4) is 0 Å². The van der Waals surface area contributed by atoms with E-state index < -0.39 is 5.97 Å². The number of carbonyl (C=O) groups excluding carboxylic acids is 1. The van der Waals surface area contributed by atoms with Gasteiger partial charge in [-0.25, -0.2) is 0 Å². The maximum atomic E-state index is 11.6. The molecule has 0 heterocycles. The molecule has 0 spiro atoms. The van der Waals surface area contributed by atoms with Crippen LogP contribution in [0, 0.1) is 0 Å². The SMILES string of the molecule is CCCCCCCCCCCCCCCC(=O)N(C)CC(=O)O.[NaH]. The Labute approximate surface area is 171 Å². The van der Waals surface area contributed by atoms with Crippen molar-refractivity contribution in [2.24, 2.45) is 0 Å². The van der Waals surface area contributed by atoms with Crippen molar-refractivity contribution in [2.45, 2.75) is 96.8 Å². The number of carboxylic acids is 1. The Morgan fingerprint density at radius 3 is 1.50 bits per heavy atom. The Balaban J connectivity index is 0. The standard InChI is InChI=1S/C19H37NO3.Na.H/c1-3-4-5-6-7-8-9-10-11-12-13-14-15-16-18(21)20(2)17-19(22)23;;/h3-17H2,1-2H3,(H,22,23);;. The number of carboxylic acid groups (broad SMARTS) is 1. The molecule has 1 N–H and O–H groups in total. The first-order chi connectivity index (χ1) is 11.1. The molecule has 0 aromatic heterocycles. The Morgan fingerprint density at radius 2 is 1.12 bits per heavy atom. The van der Waals surface area contributed by atoms with E-state index in [1.54, 1.807) is 7.05 Å². The summed E-state index contributed by atoms with van der Waals surface area (Å²) >= 11 is 0. The van der Waals surface area contributed by atoms with Gasteiger partial charge in [0.2, 0.25) is 5.91 Å². The summed E-state index contributed by atoms with van der Waals surface area (Å²) < 4.78 is 0. The molecule has 0 fully saturated rings. The fraction of sp³-hybridized carbons (Fsp3) is 0.895. The molecule has 138 valence electrons. The summed E-state index contributed by atoms with van der Waals surface area (Å²) in [7, 11) is 1.55. The molecule has 4 nitrogen and oxygen atoms in total. The minimum absolute atomic E-state index is 0. The number of aliphatic carboxylic acids is 1. The average molecular weight is 352 g/mol. The summed E-state index contributed by atoms with van der Waals surface area (Å²) in [6.45, 7) is 2.06. The number of hydrogen-bond acceptors (Lipinski definition) is 2. The van der Waals surface area contributed by atoms with Crippen molar-refractivity contribution in [3.63, 3.8) is 0 Å². The summed E-state index contributed by atoms with van der Waals surface area (Å²) in [6, 6.07) is 0. The van der Waals surface area contributed by atoms with Crippen molar-refractivity contribution >= 4 is 41.4 Å². The van der Waals surface area contributed by atoms with Gasteiger partial charge >= 0.3 is 35.5 Å². The van der Waals surface area contributed by atoms with Crippen molar-refractivity contribution in [2.75, 3.05) is 13.6 Å². The van der Waals surface area contributed by atoms with Crippen LogP contribution < -0.4 is 0 Å². The van der Waals surface area contributed by atoms with Gasteiger partial charge in [0, 0.05) is 13.5 Å². The normalized spacial score (nSPS) is 10.2. The van der Waals surface area contributed by atoms with Crippen molar-refractivity contribution in [1.82, 2.24) is 4.90 Å². The molecule has 0 unspecified atom stereocenters. The molecule has 0 rings (SSSR count). The predicted molar refractivity (Wildman–Crippen MR) is 103 cm³/mol. The van der Waals surface area contributed by atoms with Gasteiger partial charge in [0.05, 0.1) is 0 Å². The number of hydrogen-bond donors (Lipinski definition) is 1. The first-order valence-electron chi connectivity index (χ1n) is 9.53. The van der Waals surface area contributed by atoms with Gasteiger partial charge in [-0.3, -0.25) is 9.59 Å². The first kappa shape index (κ1) is 26.2. The number of amides is 1. The molecule has 0 aliphatic rings. The van der Waals surface area contributed by atoms with Crippen LogP contribution in [0.25, 0.3) is 0 Å². The van der Waals surface area contributed by atoms with Crippen molar-refractivity contribution in [1.29, 1.82) is 0 Å². The Kier molecular flexibility index (Phi) is 21.0. The molecule has 5 heteroatoms. The third kappa shape index (κ3) is 18.3. The summed E-state index contributed by atoms with van der Waals surface area (Å²) in [4.78, 5) is 23.4. The van der Waals surface area contributed by atoms with Gasteiger partial charge in [-0.15, -0.1) is 0 Å². The molecule has 0 radical (unpaired) electrons. The fourth-order valence-electron chi connectivity index (χ4n) is 2.78. The second kappa shape index (κ2) is 19.3. The van der Waals surface area contributed by atoms with Gasteiger partial charge < -0.3 is 10.0 Å². The second-order valence-corrected chi connectivity index (χ2v) is 6.64. The molecule has 1 amide bonds. The van der Waals surface area contributed by atoms with Gasteiger partial charge in [0.1, 0.15) is 6.54 Å². The van der Waals surface area contributed by atoms with E-state index in [1.807, 2.05) is 0 Å². The van der Waals surface area contributed by atoms with E-state index in [4.69, 9.17) is 5.11 Å². The van der Waals surface area contributed by atoms with E-state index >= 15 is 0 Å². The zero-order chi connectivity index (χ0) is 17.3. The van der Waals surface area contributed by atoms with Gasteiger partial charge in [-0.1, -0.05) is 84.0 Å². The van der Waals surface area contributed by atoms with Crippen LogP contribution >= 0.6 is 0 Å². The molecule has 0 aromatic rings. The maximum absolute atomic E-state index is 11.6. The first-order valence-corrected chi connectivity index (χ1v) is 9.53. The average Bonchev–Trinajstić information content (AvgIpc) is 2.51.